The number of amides is 1. The number of anilines is 1. The second-order valence-corrected chi connectivity index (χ2v) is 8.81. The molecule has 3 rings (SSSR count). The van der Waals surface area contributed by atoms with Gasteiger partial charge in [-0.1, -0.05) is 0 Å². The lowest BCUT2D eigenvalue weighted by atomic mass is 9.86. The van der Waals surface area contributed by atoms with Gasteiger partial charge in [0, 0.05) is 45.0 Å². The molecule has 1 aromatic rings. The molecule has 1 amide bonds. The molecule has 0 bridgehead atoms. The predicted octanol–water partition coefficient (Wildman–Crippen LogP) is 2.94. The Balaban J connectivity index is 1.65. The number of piperazine rings is 1. The van der Waals surface area contributed by atoms with Gasteiger partial charge in [-0.2, -0.15) is 0 Å². The minimum Gasteiger partial charge on any atom is -0.465 e. The molecule has 0 aromatic carbocycles. The van der Waals surface area contributed by atoms with Gasteiger partial charge in [0.15, 0.2) is 0 Å². The molecule has 0 aliphatic carbocycles. The van der Waals surface area contributed by atoms with Crippen LogP contribution < -0.4 is 4.90 Å². The van der Waals surface area contributed by atoms with Gasteiger partial charge in [0.2, 0.25) is 0 Å². The van der Waals surface area contributed by atoms with Crippen LogP contribution in [0.2, 0.25) is 0 Å². The number of pyridine rings is 1. The van der Waals surface area contributed by atoms with E-state index in [9.17, 15) is 14.7 Å². The van der Waals surface area contributed by atoms with Crippen molar-refractivity contribution in [3.05, 3.63) is 23.9 Å². The first kappa shape index (κ1) is 22.3. The number of carbonyl (C=O) groups is 2. The molecule has 0 spiro atoms. The first-order valence-electron chi connectivity index (χ1n) is 10.9. The third-order valence-corrected chi connectivity index (χ3v) is 6.16. The standard InChI is InChI=1S/C22H34N4O4/c1-15(2)25-11-12-26(22(28)29)19(14-25)17-6-9-24(10-7-17)20-13-18(5-8-23-20)21(27)30-16(3)4/h5,8,13,15-17,19H,6-7,9-12,14H2,1-4H3,(H,28,29). The van der Waals surface area contributed by atoms with Gasteiger partial charge < -0.3 is 19.6 Å². The molecule has 3 heterocycles. The van der Waals surface area contributed by atoms with Gasteiger partial charge in [-0.15, -0.1) is 0 Å². The summed E-state index contributed by atoms with van der Waals surface area (Å²) in [6, 6.07) is 3.91. The van der Waals surface area contributed by atoms with E-state index >= 15 is 0 Å². The van der Waals surface area contributed by atoms with Crippen LogP contribution in [0.5, 0.6) is 0 Å². The second kappa shape index (κ2) is 9.64. The highest BCUT2D eigenvalue weighted by Crippen LogP contribution is 2.29. The second-order valence-electron chi connectivity index (χ2n) is 8.81. The van der Waals surface area contributed by atoms with Gasteiger partial charge in [0.05, 0.1) is 17.7 Å². The van der Waals surface area contributed by atoms with E-state index in [1.807, 2.05) is 13.8 Å². The summed E-state index contributed by atoms with van der Waals surface area (Å²) in [6.45, 7) is 11.7. The quantitative estimate of drug-likeness (QED) is 0.736. The Kier molecular flexibility index (Phi) is 7.18. The van der Waals surface area contributed by atoms with Crippen molar-refractivity contribution in [3.63, 3.8) is 0 Å². The van der Waals surface area contributed by atoms with Gasteiger partial charge in [0.25, 0.3) is 0 Å². The Bertz CT molecular complexity index is 746. The molecule has 2 saturated heterocycles. The minimum atomic E-state index is -0.816. The summed E-state index contributed by atoms with van der Waals surface area (Å²) < 4.78 is 5.29. The molecule has 1 N–H and O–H groups in total. The van der Waals surface area contributed by atoms with Crippen LogP contribution in [-0.4, -0.2) is 82.9 Å². The number of aromatic nitrogens is 1. The summed E-state index contributed by atoms with van der Waals surface area (Å²) in [5, 5.41) is 9.68. The van der Waals surface area contributed by atoms with E-state index in [1.54, 1.807) is 23.2 Å². The third kappa shape index (κ3) is 5.22. The van der Waals surface area contributed by atoms with Gasteiger partial charge in [-0.05, 0) is 58.6 Å². The molecule has 1 unspecified atom stereocenters. The minimum absolute atomic E-state index is 0.0288. The molecule has 0 saturated carbocycles. The van der Waals surface area contributed by atoms with Gasteiger partial charge in [-0.25, -0.2) is 14.6 Å². The van der Waals surface area contributed by atoms with E-state index in [4.69, 9.17) is 4.74 Å². The average Bonchev–Trinajstić information content (AvgIpc) is 2.73. The van der Waals surface area contributed by atoms with Crippen molar-refractivity contribution in [1.82, 2.24) is 14.8 Å². The fourth-order valence-corrected chi connectivity index (χ4v) is 4.46. The van der Waals surface area contributed by atoms with Crippen LogP contribution in [0.3, 0.4) is 0 Å². The van der Waals surface area contributed by atoms with Crippen molar-refractivity contribution >= 4 is 17.9 Å². The Morgan fingerprint density at radius 2 is 1.83 bits per heavy atom. The maximum Gasteiger partial charge on any atom is 0.407 e. The van der Waals surface area contributed by atoms with Gasteiger partial charge in [0.1, 0.15) is 5.82 Å². The molecule has 1 aromatic heterocycles. The van der Waals surface area contributed by atoms with E-state index in [0.717, 1.165) is 44.8 Å². The molecular weight excluding hydrogens is 384 g/mol. The summed E-state index contributed by atoms with van der Waals surface area (Å²) in [5.41, 5.74) is 0.507. The van der Waals surface area contributed by atoms with Crippen molar-refractivity contribution < 1.29 is 19.4 Å². The summed E-state index contributed by atoms with van der Waals surface area (Å²) in [6.07, 6.45) is 2.48. The van der Waals surface area contributed by atoms with E-state index < -0.39 is 6.09 Å². The lowest BCUT2D eigenvalue weighted by molar-refractivity contribution is 0.0258. The van der Waals surface area contributed by atoms with E-state index in [2.05, 4.69) is 28.6 Å². The highest BCUT2D eigenvalue weighted by molar-refractivity contribution is 5.90. The SMILES string of the molecule is CC(C)OC(=O)c1ccnc(N2CCC(C3CN(C(C)C)CCN3C(=O)O)CC2)c1. The molecule has 8 nitrogen and oxygen atoms in total. The summed E-state index contributed by atoms with van der Waals surface area (Å²) in [5.74, 6) is 0.763. The number of carboxylic acid groups (broad SMARTS) is 1. The zero-order valence-electron chi connectivity index (χ0n) is 18.5. The van der Waals surface area contributed by atoms with Crippen LogP contribution in [0.25, 0.3) is 0 Å². The molecule has 2 fully saturated rings. The maximum absolute atomic E-state index is 12.2. The molecule has 0 radical (unpaired) electrons. The Hall–Kier alpha value is -2.35. The van der Waals surface area contributed by atoms with Crippen LogP contribution in [0.4, 0.5) is 10.6 Å². The van der Waals surface area contributed by atoms with Crippen molar-refractivity contribution in [2.75, 3.05) is 37.6 Å². The number of hydrogen-bond acceptors (Lipinski definition) is 6. The molecule has 2 aliphatic heterocycles. The van der Waals surface area contributed by atoms with E-state index in [0.29, 0.717) is 24.1 Å². The van der Waals surface area contributed by atoms with Crippen molar-refractivity contribution in [3.8, 4) is 0 Å². The van der Waals surface area contributed by atoms with Gasteiger partial charge in [-0.3, -0.25) is 4.90 Å². The zero-order chi connectivity index (χ0) is 21.8. The van der Waals surface area contributed by atoms with Crippen LogP contribution in [0, 0.1) is 5.92 Å². The Morgan fingerprint density at radius 3 is 2.43 bits per heavy atom. The van der Waals surface area contributed by atoms with Crippen molar-refractivity contribution in [2.24, 2.45) is 5.92 Å². The normalized spacial score (nSPS) is 21.3. The number of hydrogen-bond donors (Lipinski definition) is 1. The first-order valence-corrected chi connectivity index (χ1v) is 10.9. The highest BCUT2D eigenvalue weighted by Gasteiger charge is 2.38. The Labute approximate surface area is 178 Å². The lowest BCUT2D eigenvalue weighted by Gasteiger charge is -2.47. The fourth-order valence-electron chi connectivity index (χ4n) is 4.46. The van der Waals surface area contributed by atoms with E-state index in [1.165, 1.54) is 0 Å². The molecule has 8 heteroatoms. The summed E-state index contributed by atoms with van der Waals surface area (Å²) >= 11 is 0. The number of nitrogens with zero attached hydrogens (tertiary/aromatic N) is 4. The number of carbonyl (C=O) groups excluding carboxylic acids is 1. The third-order valence-electron chi connectivity index (χ3n) is 6.16. The van der Waals surface area contributed by atoms with Crippen LogP contribution in [0.1, 0.15) is 50.9 Å². The smallest absolute Gasteiger partial charge is 0.407 e. The van der Waals surface area contributed by atoms with Gasteiger partial charge >= 0.3 is 12.1 Å². The average molecular weight is 419 g/mol. The maximum atomic E-state index is 12.2. The van der Waals surface area contributed by atoms with Crippen LogP contribution >= 0.6 is 0 Å². The number of esters is 1. The van der Waals surface area contributed by atoms with Crippen molar-refractivity contribution in [1.29, 1.82) is 0 Å². The molecule has 30 heavy (non-hydrogen) atoms. The highest BCUT2D eigenvalue weighted by atomic mass is 16.5. The molecule has 166 valence electrons. The molecule has 1 atom stereocenters. The monoisotopic (exact) mass is 418 g/mol. The number of ether oxygens (including phenoxy) is 1. The number of rotatable bonds is 5. The number of piperidine rings is 1. The summed E-state index contributed by atoms with van der Waals surface area (Å²) in [7, 11) is 0. The summed E-state index contributed by atoms with van der Waals surface area (Å²) in [4.78, 5) is 34.6. The van der Waals surface area contributed by atoms with E-state index in [-0.39, 0.29) is 18.1 Å². The van der Waals surface area contributed by atoms with Crippen molar-refractivity contribution in [2.45, 2.75) is 58.7 Å². The molecular formula is C22H34N4O4. The fraction of sp³-hybridized carbons (Fsp3) is 0.682. The largest absolute Gasteiger partial charge is 0.465 e. The predicted molar refractivity (Wildman–Crippen MR) is 115 cm³/mol. The van der Waals surface area contributed by atoms with Crippen LogP contribution in [0.15, 0.2) is 18.3 Å². The zero-order valence-corrected chi connectivity index (χ0v) is 18.5. The first-order chi connectivity index (χ1) is 14.3. The Morgan fingerprint density at radius 1 is 1.13 bits per heavy atom. The van der Waals surface area contributed by atoms with Crippen LogP contribution in [-0.2, 0) is 4.74 Å². The molecule has 2 aliphatic rings. The lowest BCUT2D eigenvalue weighted by Crippen LogP contribution is -2.60. The topological polar surface area (TPSA) is 86.2 Å².